The van der Waals surface area contributed by atoms with Crippen molar-refractivity contribution in [2.45, 2.75) is 45.6 Å². The minimum absolute atomic E-state index is 0.323. The largest absolute Gasteiger partial charge is 0.396 e. The fourth-order valence-electron chi connectivity index (χ4n) is 1.97. The Hall–Kier alpha value is 0.270. The topological polar surface area (TPSA) is 32.3 Å². The van der Waals surface area contributed by atoms with Gasteiger partial charge < -0.3 is 10.4 Å². The lowest BCUT2D eigenvalue weighted by atomic mass is 9.87. The second kappa shape index (κ2) is 6.77. The highest BCUT2D eigenvalue weighted by molar-refractivity contribution is 7.99. The molecule has 3 heteroatoms. The van der Waals surface area contributed by atoms with Crippen LogP contribution in [-0.2, 0) is 0 Å². The average Bonchev–Trinajstić information content (AvgIpc) is 2.25. The van der Waals surface area contributed by atoms with E-state index in [1.54, 1.807) is 0 Å². The van der Waals surface area contributed by atoms with Crippen LogP contribution in [0.4, 0.5) is 0 Å². The second-order valence-corrected chi connectivity index (χ2v) is 6.48. The molecule has 0 aromatic heterocycles. The average molecular weight is 231 g/mol. The molecule has 1 fully saturated rings. The van der Waals surface area contributed by atoms with E-state index >= 15 is 0 Å². The molecule has 0 aromatic rings. The predicted octanol–water partition coefficient (Wildman–Crippen LogP) is 2.27. The van der Waals surface area contributed by atoms with Crippen molar-refractivity contribution in [3.8, 4) is 0 Å². The molecule has 0 bridgehead atoms. The Morgan fingerprint density at radius 2 is 2.00 bits per heavy atom. The van der Waals surface area contributed by atoms with Crippen LogP contribution >= 0.6 is 11.8 Å². The standard InChI is InChI=1S/C12H25NOS/c1-12(2,6-3-7-14)10-13-11-4-8-15-9-5-11/h11,13-14H,3-10H2,1-2H3. The summed E-state index contributed by atoms with van der Waals surface area (Å²) in [6.45, 7) is 5.98. The normalized spacial score (nSPS) is 19.4. The van der Waals surface area contributed by atoms with Crippen LogP contribution in [0.15, 0.2) is 0 Å². The maximum absolute atomic E-state index is 8.82. The van der Waals surface area contributed by atoms with Gasteiger partial charge in [-0.25, -0.2) is 0 Å². The van der Waals surface area contributed by atoms with E-state index in [4.69, 9.17) is 5.11 Å². The molecule has 2 nitrogen and oxygen atoms in total. The number of hydrogen-bond donors (Lipinski definition) is 2. The van der Waals surface area contributed by atoms with E-state index in [1.165, 1.54) is 24.3 Å². The van der Waals surface area contributed by atoms with Gasteiger partial charge in [0.15, 0.2) is 0 Å². The van der Waals surface area contributed by atoms with Crippen LogP contribution in [0.25, 0.3) is 0 Å². The van der Waals surface area contributed by atoms with Gasteiger partial charge in [0.05, 0.1) is 0 Å². The van der Waals surface area contributed by atoms with Gasteiger partial charge >= 0.3 is 0 Å². The van der Waals surface area contributed by atoms with Crippen LogP contribution in [0.3, 0.4) is 0 Å². The van der Waals surface area contributed by atoms with Crippen molar-refractivity contribution in [3.63, 3.8) is 0 Å². The molecule has 1 heterocycles. The first kappa shape index (κ1) is 13.3. The van der Waals surface area contributed by atoms with E-state index in [0.717, 1.165) is 25.4 Å². The van der Waals surface area contributed by atoms with Gasteiger partial charge in [0.25, 0.3) is 0 Å². The van der Waals surface area contributed by atoms with Gasteiger partial charge in [-0.3, -0.25) is 0 Å². The lowest BCUT2D eigenvalue weighted by Crippen LogP contribution is -2.39. The number of aliphatic hydroxyl groups excluding tert-OH is 1. The van der Waals surface area contributed by atoms with Crippen molar-refractivity contribution in [1.29, 1.82) is 0 Å². The number of aliphatic hydroxyl groups is 1. The molecule has 0 amide bonds. The molecule has 0 unspecified atom stereocenters. The van der Waals surface area contributed by atoms with E-state index in [-0.39, 0.29) is 0 Å². The molecule has 1 aliphatic heterocycles. The minimum Gasteiger partial charge on any atom is -0.396 e. The molecule has 0 saturated carbocycles. The number of hydrogen-bond acceptors (Lipinski definition) is 3. The third kappa shape index (κ3) is 5.79. The fourth-order valence-corrected chi connectivity index (χ4v) is 3.07. The summed E-state index contributed by atoms with van der Waals surface area (Å²) < 4.78 is 0. The molecule has 0 atom stereocenters. The van der Waals surface area contributed by atoms with Crippen molar-refractivity contribution in [2.75, 3.05) is 24.7 Å². The van der Waals surface area contributed by atoms with Gasteiger partial charge in [-0.05, 0) is 42.6 Å². The first-order valence-electron chi connectivity index (χ1n) is 6.06. The lowest BCUT2D eigenvalue weighted by Gasteiger charge is -2.30. The van der Waals surface area contributed by atoms with Crippen LogP contribution in [0.2, 0.25) is 0 Å². The quantitative estimate of drug-likeness (QED) is 0.735. The Morgan fingerprint density at radius 3 is 2.60 bits per heavy atom. The Kier molecular flexibility index (Phi) is 6.02. The zero-order valence-electron chi connectivity index (χ0n) is 10.1. The van der Waals surface area contributed by atoms with Gasteiger partial charge in [0, 0.05) is 19.2 Å². The molecule has 90 valence electrons. The van der Waals surface area contributed by atoms with Crippen LogP contribution in [-0.4, -0.2) is 35.8 Å². The first-order chi connectivity index (χ1) is 7.14. The highest BCUT2D eigenvalue weighted by Crippen LogP contribution is 2.23. The lowest BCUT2D eigenvalue weighted by molar-refractivity contribution is 0.230. The van der Waals surface area contributed by atoms with Gasteiger partial charge in [0.2, 0.25) is 0 Å². The molecule has 1 aliphatic rings. The van der Waals surface area contributed by atoms with Crippen LogP contribution in [0.1, 0.15) is 39.5 Å². The van der Waals surface area contributed by atoms with Crippen molar-refractivity contribution >= 4 is 11.8 Å². The molecule has 0 aromatic carbocycles. The maximum Gasteiger partial charge on any atom is 0.0431 e. The molecule has 2 N–H and O–H groups in total. The van der Waals surface area contributed by atoms with Gasteiger partial charge in [-0.1, -0.05) is 13.8 Å². The van der Waals surface area contributed by atoms with E-state index in [2.05, 4.69) is 30.9 Å². The van der Waals surface area contributed by atoms with Gasteiger partial charge in [-0.15, -0.1) is 0 Å². The summed E-state index contributed by atoms with van der Waals surface area (Å²) in [4.78, 5) is 0. The van der Waals surface area contributed by atoms with E-state index in [1.807, 2.05) is 0 Å². The van der Waals surface area contributed by atoms with Crippen molar-refractivity contribution in [3.05, 3.63) is 0 Å². The Labute approximate surface area is 98.2 Å². The third-order valence-corrected chi connectivity index (χ3v) is 4.15. The monoisotopic (exact) mass is 231 g/mol. The first-order valence-corrected chi connectivity index (χ1v) is 7.21. The summed E-state index contributed by atoms with van der Waals surface area (Å²) in [6, 6.07) is 0.736. The van der Waals surface area contributed by atoms with E-state index < -0.39 is 0 Å². The Morgan fingerprint density at radius 1 is 1.33 bits per heavy atom. The molecule has 0 radical (unpaired) electrons. The summed E-state index contributed by atoms with van der Waals surface area (Å²) >= 11 is 2.07. The number of rotatable bonds is 6. The summed E-state index contributed by atoms with van der Waals surface area (Å²) in [5, 5.41) is 12.5. The van der Waals surface area contributed by atoms with Crippen molar-refractivity contribution in [2.24, 2.45) is 5.41 Å². The molecule has 1 saturated heterocycles. The fraction of sp³-hybridized carbons (Fsp3) is 1.00. The van der Waals surface area contributed by atoms with E-state index in [0.29, 0.717) is 12.0 Å². The molecule has 0 aliphatic carbocycles. The number of thioether (sulfide) groups is 1. The summed E-state index contributed by atoms with van der Waals surface area (Å²) in [5.74, 6) is 2.63. The second-order valence-electron chi connectivity index (χ2n) is 5.26. The highest BCUT2D eigenvalue weighted by atomic mass is 32.2. The van der Waals surface area contributed by atoms with Gasteiger partial charge in [-0.2, -0.15) is 11.8 Å². The molecule has 0 spiro atoms. The summed E-state index contributed by atoms with van der Waals surface area (Å²) in [5.41, 5.74) is 0.327. The smallest absolute Gasteiger partial charge is 0.0431 e. The summed E-state index contributed by atoms with van der Waals surface area (Å²) in [7, 11) is 0. The molecular weight excluding hydrogens is 206 g/mol. The molecular formula is C12H25NOS. The SMILES string of the molecule is CC(C)(CCCO)CNC1CCSCC1. The third-order valence-electron chi connectivity index (χ3n) is 3.10. The minimum atomic E-state index is 0.323. The predicted molar refractivity (Wildman–Crippen MR) is 68.5 cm³/mol. The molecule has 15 heavy (non-hydrogen) atoms. The van der Waals surface area contributed by atoms with Crippen LogP contribution in [0.5, 0.6) is 0 Å². The van der Waals surface area contributed by atoms with E-state index in [9.17, 15) is 0 Å². The maximum atomic E-state index is 8.82. The van der Waals surface area contributed by atoms with Crippen LogP contribution < -0.4 is 5.32 Å². The summed E-state index contributed by atoms with van der Waals surface area (Å²) in [6.07, 6.45) is 4.68. The van der Waals surface area contributed by atoms with Crippen molar-refractivity contribution < 1.29 is 5.11 Å². The zero-order valence-corrected chi connectivity index (χ0v) is 10.9. The zero-order chi connectivity index (χ0) is 11.1. The Bertz CT molecular complexity index is 167. The molecule has 1 rings (SSSR count). The Balaban J connectivity index is 2.15. The highest BCUT2D eigenvalue weighted by Gasteiger charge is 2.20. The van der Waals surface area contributed by atoms with Crippen molar-refractivity contribution in [1.82, 2.24) is 5.32 Å². The van der Waals surface area contributed by atoms with Gasteiger partial charge in [0.1, 0.15) is 0 Å². The number of nitrogens with one attached hydrogen (secondary N) is 1. The van der Waals surface area contributed by atoms with Crippen LogP contribution in [0, 0.1) is 5.41 Å².